The summed E-state index contributed by atoms with van der Waals surface area (Å²) in [5.74, 6) is -1.02. The zero-order chi connectivity index (χ0) is 16.1. The average Bonchev–Trinajstić information content (AvgIpc) is 2.54. The molecule has 2 rings (SSSR count). The topological polar surface area (TPSA) is 66.8 Å². The van der Waals surface area contributed by atoms with Gasteiger partial charge in [-0.25, -0.2) is 4.79 Å². The summed E-state index contributed by atoms with van der Waals surface area (Å²) in [7, 11) is 1.62. The second-order valence-electron chi connectivity index (χ2n) is 4.83. The first-order valence-corrected chi connectivity index (χ1v) is 6.81. The number of rotatable bonds is 4. The number of ether oxygens (including phenoxy) is 1. The van der Waals surface area contributed by atoms with Gasteiger partial charge in [-0.1, -0.05) is 24.3 Å². The molecule has 1 atom stereocenters. The number of para-hydroxylation sites is 1. The van der Waals surface area contributed by atoms with Crippen LogP contribution in [-0.2, 0) is 9.53 Å². The number of carbonyl (C=O) groups excluding carboxylic acids is 2. The van der Waals surface area contributed by atoms with E-state index in [9.17, 15) is 14.7 Å². The van der Waals surface area contributed by atoms with E-state index < -0.39 is 12.1 Å². The molecule has 0 aliphatic carbocycles. The van der Waals surface area contributed by atoms with Gasteiger partial charge in [0.2, 0.25) is 0 Å². The number of amides is 1. The van der Waals surface area contributed by atoms with Gasteiger partial charge in [-0.3, -0.25) is 4.79 Å². The smallest absolute Gasteiger partial charge is 0.339 e. The average molecular weight is 299 g/mol. The maximum atomic E-state index is 12.3. The maximum absolute atomic E-state index is 12.3. The summed E-state index contributed by atoms with van der Waals surface area (Å²) in [5, 5.41) is 9.36. The Morgan fingerprint density at radius 2 is 1.77 bits per heavy atom. The van der Waals surface area contributed by atoms with E-state index in [0.717, 1.165) is 0 Å². The molecule has 0 saturated heterocycles. The Hall–Kier alpha value is -2.82. The third-order valence-corrected chi connectivity index (χ3v) is 3.19. The molecule has 2 aromatic rings. The third kappa shape index (κ3) is 3.63. The predicted molar refractivity (Wildman–Crippen MR) is 82.8 cm³/mol. The summed E-state index contributed by atoms with van der Waals surface area (Å²) < 4.78 is 5.15. The van der Waals surface area contributed by atoms with Crippen molar-refractivity contribution in [3.63, 3.8) is 0 Å². The standard InChI is InChI=1S/C17H17NO4/c1-12(16(20)18(2)14-8-4-3-5-9-14)22-17(21)13-7-6-10-15(19)11-13/h3-12,19H,1-2H3/t12-/m1/s1. The number of phenolic OH excluding ortho intramolecular Hbond substituents is 1. The van der Waals surface area contributed by atoms with E-state index in [2.05, 4.69) is 0 Å². The molecule has 114 valence electrons. The van der Waals surface area contributed by atoms with E-state index in [0.29, 0.717) is 5.69 Å². The number of nitrogens with zero attached hydrogens (tertiary/aromatic N) is 1. The molecule has 0 heterocycles. The number of anilines is 1. The van der Waals surface area contributed by atoms with Crippen LogP contribution in [-0.4, -0.2) is 30.1 Å². The molecule has 0 fully saturated rings. The van der Waals surface area contributed by atoms with Crippen molar-refractivity contribution in [2.75, 3.05) is 11.9 Å². The van der Waals surface area contributed by atoms with Gasteiger partial charge >= 0.3 is 5.97 Å². The lowest BCUT2D eigenvalue weighted by Crippen LogP contribution is -2.37. The van der Waals surface area contributed by atoms with Crippen molar-refractivity contribution in [2.45, 2.75) is 13.0 Å². The third-order valence-electron chi connectivity index (χ3n) is 3.19. The molecule has 0 aliphatic rings. The normalized spacial score (nSPS) is 11.5. The molecular weight excluding hydrogens is 282 g/mol. The van der Waals surface area contributed by atoms with E-state index in [-0.39, 0.29) is 17.2 Å². The van der Waals surface area contributed by atoms with E-state index in [1.165, 1.54) is 36.1 Å². The van der Waals surface area contributed by atoms with Crippen molar-refractivity contribution < 1.29 is 19.4 Å². The summed E-state index contributed by atoms with van der Waals surface area (Å²) in [6, 6.07) is 14.9. The van der Waals surface area contributed by atoms with Gasteiger partial charge in [0.15, 0.2) is 6.10 Å². The van der Waals surface area contributed by atoms with E-state index in [4.69, 9.17) is 4.74 Å². The molecule has 0 saturated carbocycles. The van der Waals surface area contributed by atoms with Crippen LogP contribution in [0.1, 0.15) is 17.3 Å². The largest absolute Gasteiger partial charge is 0.508 e. The van der Waals surface area contributed by atoms with Crippen LogP contribution in [0.15, 0.2) is 54.6 Å². The zero-order valence-electron chi connectivity index (χ0n) is 12.4. The van der Waals surface area contributed by atoms with Gasteiger partial charge in [-0.2, -0.15) is 0 Å². The second-order valence-corrected chi connectivity index (χ2v) is 4.83. The van der Waals surface area contributed by atoms with E-state index in [1.54, 1.807) is 19.2 Å². The Kier molecular flexibility index (Phi) is 4.78. The molecule has 0 aliphatic heterocycles. The molecule has 5 heteroatoms. The van der Waals surface area contributed by atoms with Crippen LogP contribution in [0.3, 0.4) is 0 Å². The van der Waals surface area contributed by atoms with Crippen molar-refractivity contribution in [1.29, 1.82) is 0 Å². The summed E-state index contributed by atoms with van der Waals surface area (Å²) in [4.78, 5) is 25.7. The molecule has 2 aromatic carbocycles. The Morgan fingerprint density at radius 3 is 2.41 bits per heavy atom. The number of likely N-dealkylation sites (N-methyl/N-ethyl adjacent to an activating group) is 1. The molecule has 0 spiro atoms. The monoisotopic (exact) mass is 299 g/mol. The quantitative estimate of drug-likeness (QED) is 0.881. The highest BCUT2D eigenvalue weighted by Gasteiger charge is 2.23. The molecule has 0 unspecified atom stereocenters. The van der Waals surface area contributed by atoms with E-state index >= 15 is 0 Å². The lowest BCUT2D eigenvalue weighted by molar-refractivity contribution is -0.126. The molecule has 0 radical (unpaired) electrons. The van der Waals surface area contributed by atoms with Crippen molar-refractivity contribution in [1.82, 2.24) is 0 Å². The summed E-state index contributed by atoms with van der Waals surface area (Å²) in [6.07, 6.45) is -0.931. The minimum atomic E-state index is -0.931. The highest BCUT2D eigenvalue weighted by molar-refractivity contribution is 5.98. The predicted octanol–water partition coefficient (Wildman–Crippen LogP) is 2.60. The number of hydrogen-bond acceptors (Lipinski definition) is 4. The van der Waals surface area contributed by atoms with Crippen LogP contribution >= 0.6 is 0 Å². The zero-order valence-corrected chi connectivity index (χ0v) is 12.4. The minimum Gasteiger partial charge on any atom is -0.508 e. The number of carbonyl (C=O) groups is 2. The Bertz CT molecular complexity index is 669. The van der Waals surface area contributed by atoms with Crippen LogP contribution in [0.25, 0.3) is 0 Å². The van der Waals surface area contributed by atoms with Gasteiger partial charge in [0, 0.05) is 12.7 Å². The minimum absolute atomic E-state index is 0.0326. The van der Waals surface area contributed by atoms with Gasteiger partial charge < -0.3 is 14.7 Å². The van der Waals surface area contributed by atoms with Crippen molar-refractivity contribution in [3.8, 4) is 5.75 Å². The second kappa shape index (κ2) is 6.76. The van der Waals surface area contributed by atoms with Crippen molar-refractivity contribution >= 4 is 17.6 Å². The lowest BCUT2D eigenvalue weighted by atomic mass is 10.2. The van der Waals surface area contributed by atoms with Crippen LogP contribution < -0.4 is 4.90 Å². The van der Waals surface area contributed by atoms with Crippen LogP contribution in [0, 0.1) is 0 Å². The maximum Gasteiger partial charge on any atom is 0.339 e. The molecule has 22 heavy (non-hydrogen) atoms. The fourth-order valence-electron chi connectivity index (χ4n) is 1.96. The molecule has 0 aromatic heterocycles. The first-order valence-electron chi connectivity index (χ1n) is 6.81. The van der Waals surface area contributed by atoms with Crippen LogP contribution in [0.4, 0.5) is 5.69 Å². The van der Waals surface area contributed by atoms with Crippen LogP contribution in [0.2, 0.25) is 0 Å². The summed E-state index contributed by atoms with van der Waals surface area (Å²) in [5.41, 5.74) is 0.912. The Morgan fingerprint density at radius 1 is 1.09 bits per heavy atom. The number of esters is 1. The van der Waals surface area contributed by atoms with Gasteiger partial charge in [0.05, 0.1) is 5.56 Å². The van der Waals surface area contributed by atoms with Gasteiger partial charge in [0.1, 0.15) is 5.75 Å². The number of benzene rings is 2. The fourth-order valence-corrected chi connectivity index (χ4v) is 1.96. The Balaban J connectivity index is 2.04. The first kappa shape index (κ1) is 15.6. The molecule has 1 N–H and O–H groups in total. The lowest BCUT2D eigenvalue weighted by Gasteiger charge is -2.21. The van der Waals surface area contributed by atoms with Crippen molar-refractivity contribution in [3.05, 3.63) is 60.2 Å². The number of aromatic hydroxyl groups is 1. The highest BCUT2D eigenvalue weighted by atomic mass is 16.5. The van der Waals surface area contributed by atoms with E-state index in [1.807, 2.05) is 18.2 Å². The fraction of sp³-hybridized carbons (Fsp3) is 0.176. The van der Waals surface area contributed by atoms with Crippen molar-refractivity contribution in [2.24, 2.45) is 0 Å². The van der Waals surface area contributed by atoms with Gasteiger partial charge in [0.25, 0.3) is 5.91 Å². The SMILES string of the molecule is C[C@@H](OC(=O)c1cccc(O)c1)C(=O)N(C)c1ccccc1. The highest BCUT2D eigenvalue weighted by Crippen LogP contribution is 2.15. The Labute approximate surface area is 128 Å². The van der Waals surface area contributed by atoms with Gasteiger partial charge in [-0.05, 0) is 37.3 Å². The molecule has 0 bridgehead atoms. The molecular formula is C17H17NO4. The summed E-state index contributed by atoms with van der Waals surface area (Å²) >= 11 is 0. The number of hydrogen-bond donors (Lipinski definition) is 1. The van der Waals surface area contributed by atoms with Crippen LogP contribution in [0.5, 0.6) is 5.75 Å². The first-order chi connectivity index (χ1) is 10.5. The number of phenols is 1. The molecule has 5 nitrogen and oxygen atoms in total. The summed E-state index contributed by atoms with van der Waals surface area (Å²) in [6.45, 7) is 1.52. The van der Waals surface area contributed by atoms with Gasteiger partial charge in [-0.15, -0.1) is 0 Å². The molecule has 1 amide bonds.